The van der Waals surface area contributed by atoms with Crippen LogP contribution in [0, 0.1) is 0 Å². The fraction of sp³-hybridized carbons (Fsp3) is 0.429. The molecule has 2 aromatic heterocycles. The number of aromatic nitrogens is 4. The molecule has 3 aromatic rings. The molecule has 0 fully saturated rings. The normalized spacial score (nSPS) is 13.9. The van der Waals surface area contributed by atoms with Crippen molar-refractivity contribution in [3.8, 4) is 5.88 Å². The molecule has 2 atom stereocenters. The van der Waals surface area contributed by atoms with Crippen molar-refractivity contribution in [1.29, 1.82) is 0 Å². The molecular weight excluding hydrogens is 479 g/mol. The molecule has 2 heterocycles. The minimum Gasteiger partial charge on any atom is -0.479 e. The number of rotatable bonds is 14. The standard InChI is InChI=1S/C21H29N6O7P/c1-4-32-20(28)15(2)26-35(29,33-12-16-8-6-5-7-9-16)34-14-31-11-10-27-13-23-17-18(27)24-21(22)25-19(17)30-3/h5-9,13,15H,4,10-12,14H2,1-3H3,(H,26,29)(H2,22,24,25)/t15-,35+/m0/s1. The molecular formula is C21H29N6O7P. The summed E-state index contributed by atoms with van der Waals surface area (Å²) in [6.45, 7) is 3.54. The Morgan fingerprint density at radius 1 is 1.23 bits per heavy atom. The number of benzene rings is 1. The van der Waals surface area contributed by atoms with Crippen LogP contribution in [0.25, 0.3) is 11.2 Å². The number of ether oxygens (including phenoxy) is 3. The van der Waals surface area contributed by atoms with Crippen LogP contribution < -0.4 is 15.6 Å². The van der Waals surface area contributed by atoms with Crippen molar-refractivity contribution in [2.45, 2.75) is 33.0 Å². The Labute approximate surface area is 202 Å². The molecule has 3 rings (SSSR count). The van der Waals surface area contributed by atoms with Crippen molar-refractivity contribution < 1.29 is 32.6 Å². The van der Waals surface area contributed by atoms with Crippen molar-refractivity contribution in [3.05, 3.63) is 42.2 Å². The number of fused-ring (bicyclic) bond motifs is 1. The second kappa shape index (κ2) is 12.6. The fourth-order valence-electron chi connectivity index (χ4n) is 2.97. The molecule has 0 saturated carbocycles. The van der Waals surface area contributed by atoms with E-state index in [1.54, 1.807) is 17.8 Å². The van der Waals surface area contributed by atoms with E-state index < -0.39 is 19.8 Å². The number of nitrogens with one attached hydrogen (secondary N) is 1. The summed E-state index contributed by atoms with van der Waals surface area (Å²) in [7, 11) is -2.46. The lowest BCUT2D eigenvalue weighted by Crippen LogP contribution is -2.34. The lowest BCUT2D eigenvalue weighted by Gasteiger charge is -2.22. The number of anilines is 1. The van der Waals surface area contributed by atoms with Crippen LogP contribution in [0.1, 0.15) is 19.4 Å². The molecule has 0 spiro atoms. The van der Waals surface area contributed by atoms with Crippen LogP contribution in [-0.4, -0.2) is 58.6 Å². The van der Waals surface area contributed by atoms with Crippen LogP contribution in [0.5, 0.6) is 5.88 Å². The average Bonchev–Trinajstić information content (AvgIpc) is 3.25. The lowest BCUT2D eigenvalue weighted by atomic mass is 10.2. The van der Waals surface area contributed by atoms with Crippen LogP contribution in [0.15, 0.2) is 36.7 Å². The summed E-state index contributed by atoms with van der Waals surface area (Å²) in [6.07, 6.45) is 1.56. The van der Waals surface area contributed by atoms with Gasteiger partial charge in [-0.1, -0.05) is 30.3 Å². The molecule has 3 N–H and O–H groups in total. The van der Waals surface area contributed by atoms with Gasteiger partial charge in [-0.25, -0.2) is 14.6 Å². The molecule has 14 heteroatoms. The van der Waals surface area contributed by atoms with E-state index in [-0.39, 0.29) is 38.4 Å². The maximum absolute atomic E-state index is 13.3. The predicted octanol–water partition coefficient (Wildman–Crippen LogP) is 2.27. The van der Waals surface area contributed by atoms with Gasteiger partial charge < -0.3 is 24.5 Å². The number of nitrogen functional groups attached to an aromatic ring is 1. The van der Waals surface area contributed by atoms with Crippen LogP contribution in [0.2, 0.25) is 0 Å². The van der Waals surface area contributed by atoms with Crippen molar-refractivity contribution >= 4 is 30.8 Å². The highest BCUT2D eigenvalue weighted by atomic mass is 31.2. The van der Waals surface area contributed by atoms with E-state index >= 15 is 0 Å². The Bertz CT molecular complexity index is 1160. The molecule has 0 aliphatic carbocycles. The van der Waals surface area contributed by atoms with E-state index in [1.165, 1.54) is 14.0 Å². The number of carbonyl (C=O) groups excluding carboxylic acids is 1. The van der Waals surface area contributed by atoms with Gasteiger partial charge in [0.25, 0.3) is 0 Å². The van der Waals surface area contributed by atoms with Gasteiger partial charge in [0.05, 0.1) is 33.3 Å². The molecule has 0 amide bonds. The summed E-state index contributed by atoms with van der Waals surface area (Å²) in [5.74, 6) is -0.253. The number of carbonyl (C=O) groups is 1. The SMILES string of the molecule is CCOC(=O)[C@H](C)N[P@](=O)(OCOCCn1cnc2c(OC)nc(N)nc21)OCc1ccccc1. The maximum atomic E-state index is 13.3. The van der Waals surface area contributed by atoms with Crippen LogP contribution in [-0.2, 0) is 41.0 Å². The lowest BCUT2D eigenvalue weighted by molar-refractivity contribution is -0.144. The van der Waals surface area contributed by atoms with E-state index in [0.29, 0.717) is 17.7 Å². The first-order valence-electron chi connectivity index (χ1n) is 10.8. The van der Waals surface area contributed by atoms with Gasteiger partial charge in [0.2, 0.25) is 11.8 Å². The quantitative estimate of drug-likeness (QED) is 0.142. The highest BCUT2D eigenvalue weighted by molar-refractivity contribution is 7.51. The Morgan fingerprint density at radius 3 is 2.71 bits per heavy atom. The van der Waals surface area contributed by atoms with Crippen molar-refractivity contribution in [2.75, 3.05) is 32.9 Å². The number of esters is 1. The Hall–Kier alpha value is -3.09. The summed E-state index contributed by atoms with van der Waals surface area (Å²) in [4.78, 5) is 24.4. The minimum atomic E-state index is -3.92. The summed E-state index contributed by atoms with van der Waals surface area (Å²) in [5.41, 5.74) is 7.46. The maximum Gasteiger partial charge on any atom is 0.408 e. The van der Waals surface area contributed by atoms with Gasteiger partial charge in [0.15, 0.2) is 18.0 Å². The zero-order valence-corrected chi connectivity index (χ0v) is 20.6. The molecule has 0 unspecified atom stereocenters. The Morgan fingerprint density at radius 2 is 2.00 bits per heavy atom. The van der Waals surface area contributed by atoms with E-state index in [0.717, 1.165) is 5.56 Å². The number of imidazole rings is 1. The van der Waals surface area contributed by atoms with Gasteiger partial charge in [0, 0.05) is 6.54 Å². The molecule has 1 aromatic carbocycles. The fourth-order valence-corrected chi connectivity index (χ4v) is 4.31. The van der Waals surface area contributed by atoms with Gasteiger partial charge >= 0.3 is 13.7 Å². The number of hydrogen-bond donors (Lipinski definition) is 2. The van der Waals surface area contributed by atoms with Gasteiger partial charge in [-0.15, -0.1) is 0 Å². The van der Waals surface area contributed by atoms with E-state index in [9.17, 15) is 9.36 Å². The smallest absolute Gasteiger partial charge is 0.408 e. The molecule has 13 nitrogen and oxygen atoms in total. The third kappa shape index (κ3) is 7.44. The van der Waals surface area contributed by atoms with Gasteiger partial charge in [-0.05, 0) is 19.4 Å². The van der Waals surface area contributed by atoms with Crippen LogP contribution in [0.4, 0.5) is 5.95 Å². The zero-order chi connectivity index (χ0) is 25.3. The van der Waals surface area contributed by atoms with Gasteiger partial charge in [0.1, 0.15) is 6.04 Å². The van der Waals surface area contributed by atoms with Crippen LogP contribution >= 0.6 is 7.75 Å². The van der Waals surface area contributed by atoms with E-state index in [1.807, 2.05) is 30.3 Å². The van der Waals surface area contributed by atoms with Crippen molar-refractivity contribution in [1.82, 2.24) is 24.6 Å². The first-order chi connectivity index (χ1) is 16.8. The molecule has 35 heavy (non-hydrogen) atoms. The highest BCUT2D eigenvalue weighted by Gasteiger charge is 2.31. The zero-order valence-electron chi connectivity index (χ0n) is 19.7. The molecule has 0 saturated heterocycles. The topological polar surface area (TPSA) is 162 Å². The Balaban J connectivity index is 1.57. The van der Waals surface area contributed by atoms with E-state index in [2.05, 4.69) is 20.0 Å². The van der Waals surface area contributed by atoms with Crippen LogP contribution in [0.3, 0.4) is 0 Å². The molecule has 0 bridgehead atoms. The van der Waals surface area contributed by atoms with Crippen molar-refractivity contribution in [2.24, 2.45) is 0 Å². The number of nitrogens with zero attached hydrogens (tertiary/aromatic N) is 4. The number of hydrogen-bond acceptors (Lipinski definition) is 11. The third-order valence-corrected chi connectivity index (χ3v) is 6.28. The largest absolute Gasteiger partial charge is 0.479 e. The van der Waals surface area contributed by atoms with Crippen molar-refractivity contribution in [3.63, 3.8) is 0 Å². The summed E-state index contributed by atoms with van der Waals surface area (Å²) < 4.78 is 41.6. The molecule has 0 radical (unpaired) electrons. The average molecular weight is 508 g/mol. The third-order valence-electron chi connectivity index (χ3n) is 4.66. The second-order valence-corrected chi connectivity index (χ2v) is 8.99. The Kier molecular flexibility index (Phi) is 9.52. The first kappa shape index (κ1) is 26.5. The second-order valence-electron chi connectivity index (χ2n) is 7.22. The summed E-state index contributed by atoms with van der Waals surface area (Å²) >= 11 is 0. The number of nitrogens with two attached hydrogens (primary N) is 1. The first-order valence-corrected chi connectivity index (χ1v) is 12.4. The van der Waals surface area contributed by atoms with Gasteiger partial charge in [-0.3, -0.25) is 13.8 Å². The minimum absolute atomic E-state index is 0.00461. The molecule has 0 aliphatic heterocycles. The number of methoxy groups -OCH3 is 1. The van der Waals surface area contributed by atoms with Gasteiger partial charge in [-0.2, -0.15) is 9.97 Å². The summed E-state index contributed by atoms with van der Waals surface area (Å²) in [6, 6.07) is 8.22. The monoisotopic (exact) mass is 508 g/mol. The summed E-state index contributed by atoms with van der Waals surface area (Å²) in [5, 5.41) is 2.59. The van der Waals surface area contributed by atoms with E-state index in [4.69, 9.17) is 29.0 Å². The molecule has 190 valence electrons. The predicted molar refractivity (Wildman–Crippen MR) is 126 cm³/mol. The molecule has 0 aliphatic rings. The highest BCUT2D eigenvalue weighted by Crippen LogP contribution is 2.45.